The summed E-state index contributed by atoms with van der Waals surface area (Å²) in [6, 6.07) is 1.56. The van der Waals surface area contributed by atoms with Crippen LogP contribution in [0.5, 0.6) is 5.75 Å². The lowest BCUT2D eigenvalue weighted by Crippen LogP contribution is -2.12. The molecule has 0 amide bonds. The van der Waals surface area contributed by atoms with Gasteiger partial charge < -0.3 is 4.18 Å². The van der Waals surface area contributed by atoms with E-state index in [1.165, 1.54) is 37.0 Å². The Labute approximate surface area is 101 Å². The fourth-order valence-electron chi connectivity index (χ4n) is 0.836. The first kappa shape index (κ1) is 13.5. The van der Waals surface area contributed by atoms with Crippen LogP contribution in [0.2, 0.25) is 0 Å². The second-order valence-corrected chi connectivity index (χ2v) is 5.27. The fraction of sp³-hybridized carbons (Fsp3) is 0.600. The lowest BCUT2D eigenvalue weighted by Gasteiger charge is -2.05. The molecule has 0 N–H and O–H groups in total. The Balaban J connectivity index is 0.000000267. The fourth-order valence-corrected chi connectivity index (χ4v) is 2.12. The maximum absolute atomic E-state index is 10.9. The standard InChI is InChI=1S/C6H8O4S2.C4H8/c1-2-9-12(7,8)10-6-3-4-11-5-6;1-2-4-3-1/h3-5H,2H2,1H3;1-4H2. The van der Waals surface area contributed by atoms with E-state index >= 15 is 0 Å². The van der Waals surface area contributed by atoms with Crippen molar-refractivity contribution in [3.63, 3.8) is 0 Å². The highest BCUT2D eigenvalue weighted by Crippen LogP contribution is 2.17. The molecule has 6 heteroatoms. The van der Waals surface area contributed by atoms with Gasteiger partial charge >= 0.3 is 10.4 Å². The molecular formula is C10H16O4S2. The summed E-state index contributed by atoms with van der Waals surface area (Å²) in [5.74, 6) is 0.286. The van der Waals surface area contributed by atoms with Gasteiger partial charge in [-0.3, -0.25) is 0 Å². The summed E-state index contributed by atoms with van der Waals surface area (Å²) in [5, 5.41) is 3.30. The second-order valence-electron chi connectivity index (χ2n) is 3.27. The predicted octanol–water partition coefficient (Wildman–Crippen LogP) is 2.97. The minimum absolute atomic E-state index is 0.0759. The van der Waals surface area contributed by atoms with E-state index in [2.05, 4.69) is 8.37 Å². The van der Waals surface area contributed by atoms with Gasteiger partial charge in [0.15, 0.2) is 5.75 Å². The average Bonchev–Trinajstić information content (AvgIpc) is 2.51. The topological polar surface area (TPSA) is 52.6 Å². The third kappa shape index (κ3) is 5.48. The van der Waals surface area contributed by atoms with Crippen molar-refractivity contribution in [1.82, 2.24) is 0 Å². The van der Waals surface area contributed by atoms with E-state index in [1.54, 1.807) is 23.8 Å². The molecule has 0 spiro atoms. The SMILES string of the molecule is C1CCC1.CCOS(=O)(=O)Oc1ccsc1. The summed E-state index contributed by atoms with van der Waals surface area (Å²) in [6.45, 7) is 1.65. The van der Waals surface area contributed by atoms with Crippen LogP contribution in [0.25, 0.3) is 0 Å². The summed E-state index contributed by atoms with van der Waals surface area (Å²) < 4.78 is 30.6. The van der Waals surface area contributed by atoms with Crippen LogP contribution in [0.3, 0.4) is 0 Å². The predicted molar refractivity (Wildman–Crippen MR) is 64.0 cm³/mol. The summed E-state index contributed by atoms with van der Waals surface area (Å²) in [5.41, 5.74) is 0. The molecule has 92 valence electrons. The zero-order chi connectivity index (χ0) is 11.9. The van der Waals surface area contributed by atoms with Gasteiger partial charge in [0.25, 0.3) is 0 Å². The first-order valence-electron chi connectivity index (χ1n) is 5.25. The lowest BCUT2D eigenvalue weighted by molar-refractivity contribution is 0.288. The molecule has 4 nitrogen and oxygen atoms in total. The van der Waals surface area contributed by atoms with Gasteiger partial charge in [-0.1, -0.05) is 25.7 Å². The molecule has 0 unspecified atom stereocenters. The Bertz CT molecular complexity index is 362. The van der Waals surface area contributed by atoms with Gasteiger partial charge in [-0.05, 0) is 18.4 Å². The highest BCUT2D eigenvalue weighted by atomic mass is 32.3. The molecule has 0 atom stereocenters. The van der Waals surface area contributed by atoms with Crippen molar-refractivity contribution in [1.29, 1.82) is 0 Å². The number of hydrogen-bond acceptors (Lipinski definition) is 5. The summed E-state index contributed by atoms with van der Waals surface area (Å²) in [4.78, 5) is 0. The van der Waals surface area contributed by atoms with Gasteiger partial charge in [0, 0.05) is 5.38 Å². The lowest BCUT2D eigenvalue weighted by atomic mass is 10.0. The highest BCUT2D eigenvalue weighted by molar-refractivity contribution is 7.82. The van der Waals surface area contributed by atoms with Crippen molar-refractivity contribution >= 4 is 21.7 Å². The van der Waals surface area contributed by atoms with Crippen molar-refractivity contribution in [3.05, 3.63) is 16.8 Å². The largest absolute Gasteiger partial charge is 0.449 e. The van der Waals surface area contributed by atoms with E-state index in [9.17, 15) is 8.42 Å². The van der Waals surface area contributed by atoms with Gasteiger partial charge in [-0.15, -0.1) is 11.3 Å². The first-order valence-corrected chi connectivity index (χ1v) is 7.52. The molecule has 1 aromatic rings. The molecule has 1 aromatic heterocycles. The highest BCUT2D eigenvalue weighted by Gasteiger charge is 2.11. The van der Waals surface area contributed by atoms with Gasteiger partial charge in [-0.25, -0.2) is 4.18 Å². The van der Waals surface area contributed by atoms with Crippen LogP contribution in [0.15, 0.2) is 16.8 Å². The summed E-state index contributed by atoms with van der Waals surface area (Å²) in [7, 11) is -3.85. The van der Waals surface area contributed by atoms with E-state index in [-0.39, 0.29) is 12.4 Å². The monoisotopic (exact) mass is 264 g/mol. The zero-order valence-electron chi connectivity index (χ0n) is 9.22. The Morgan fingerprint density at radius 3 is 2.31 bits per heavy atom. The van der Waals surface area contributed by atoms with Crippen LogP contribution >= 0.6 is 11.3 Å². The van der Waals surface area contributed by atoms with Crippen molar-refractivity contribution < 1.29 is 16.8 Å². The van der Waals surface area contributed by atoms with Gasteiger partial charge in [0.1, 0.15) is 0 Å². The van der Waals surface area contributed by atoms with E-state index in [0.717, 1.165) is 0 Å². The van der Waals surface area contributed by atoms with Gasteiger partial charge in [0.2, 0.25) is 0 Å². The Morgan fingerprint density at radius 2 is 1.94 bits per heavy atom. The van der Waals surface area contributed by atoms with Gasteiger partial charge in [-0.2, -0.15) is 8.42 Å². The summed E-state index contributed by atoms with van der Waals surface area (Å²) >= 11 is 1.35. The average molecular weight is 264 g/mol. The normalized spacial score (nSPS) is 14.6. The Kier molecular flexibility index (Phi) is 5.79. The first-order chi connectivity index (χ1) is 7.64. The molecule has 1 aliphatic rings. The summed E-state index contributed by atoms with van der Waals surface area (Å²) in [6.07, 6.45) is 6.00. The van der Waals surface area contributed by atoms with Crippen molar-refractivity contribution in [2.45, 2.75) is 32.6 Å². The molecule has 2 rings (SSSR count). The van der Waals surface area contributed by atoms with Crippen molar-refractivity contribution in [3.8, 4) is 5.75 Å². The zero-order valence-corrected chi connectivity index (χ0v) is 10.9. The van der Waals surface area contributed by atoms with Crippen LogP contribution in [-0.2, 0) is 14.6 Å². The third-order valence-electron chi connectivity index (χ3n) is 1.96. The van der Waals surface area contributed by atoms with Crippen LogP contribution < -0.4 is 4.18 Å². The molecular weight excluding hydrogens is 248 g/mol. The molecule has 1 saturated carbocycles. The third-order valence-corrected chi connectivity index (χ3v) is 3.54. The Hall–Kier alpha value is -0.590. The molecule has 0 radical (unpaired) electrons. The maximum Gasteiger partial charge on any atom is 0.449 e. The minimum atomic E-state index is -3.85. The molecule has 0 aliphatic heterocycles. The number of hydrogen-bond donors (Lipinski definition) is 0. The molecule has 1 heterocycles. The quantitative estimate of drug-likeness (QED) is 0.839. The van der Waals surface area contributed by atoms with Crippen LogP contribution in [0.1, 0.15) is 32.6 Å². The van der Waals surface area contributed by atoms with Crippen LogP contribution in [-0.4, -0.2) is 15.0 Å². The number of thiophene rings is 1. The van der Waals surface area contributed by atoms with Crippen molar-refractivity contribution in [2.24, 2.45) is 0 Å². The van der Waals surface area contributed by atoms with Gasteiger partial charge in [0.05, 0.1) is 6.61 Å². The van der Waals surface area contributed by atoms with Crippen LogP contribution in [0.4, 0.5) is 0 Å². The van der Waals surface area contributed by atoms with Crippen LogP contribution in [0, 0.1) is 0 Å². The van der Waals surface area contributed by atoms with E-state index in [0.29, 0.717) is 0 Å². The second kappa shape index (κ2) is 6.88. The molecule has 1 aliphatic carbocycles. The van der Waals surface area contributed by atoms with Crippen molar-refractivity contribution in [2.75, 3.05) is 6.61 Å². The smallest absolute Gasteiger partial charge is 0.361 e. The number of rotatable bonds is 4. The Morgan fingerprint density at radius 1 is 1.31 bits per heavy atom. The minimum Gasteiger partial charge on any atom is -0.361 e. The molecule has 0 bridgehead atoms. The maximum atomic E-state index is 10.9. The van der Waals surface area contributed by atoms with E-state index in [4.69, 9.17) is 0 Å². The molecule has 0 aromatic carbocycles. The molecule has 16 heavy (non-hydrogen) atoms. The molecule has 0 saturated heterocycles. The van der Waals surface area contributed by atoms with E-state index < -0.39 is 10.4 Å². The van der Waals surface area contributed by atoms with E-state index in [1.807, 2.05) is 0 Å². The molecule has 1 fully saturated rings.